The van der Waals surface area contributed by atoms with Gasteiger partial charge in [-0.3, -0.25) is 0 Å². The third kappa shape index (κ3) is 8.74. The van der Waals surface area contributed by atoms with Crippen molar-refractivity contribution in [2.24, 2.45) is 5.41 Å². The zero-order valence-electron chi connectivity index (χ0n) is 12.7. The molecule has 118 valence electrons. The molecule has 1 atom stereocenters. The van der Waals surface area contributed by atoms with Crippen molar-refractivity contribution < 1.29 is 19.8 Å². The number of hydrogen-bond donors (Lipinski definition) is 4. The molecule has 0 radical (unpaired) electrons. The summed E-state index contributed by atoms with van der Waals surface area (Å²) in [7, 11) is 0. The maximum Gasteiger partial charge on any atom is 0.326 e. The predicted octanol–water partition coefficient (Wildman–Crippen LogP) is 1.73. The number of unbranched alkanes of at least 4 members (excludes halogenated alkanes) is 2. The van der Waals surface area contributed by atoms with Crippen LogP contribution in [0.5, 0.6) is 0 Å². The molecule has 0 aliphatic carbocycles. The van der Waals surface area contributed by atoms with E-state index in [2.05, 4.69) is 31.4 Å². The third-order valence-corrected chi connectivity index (χ3v) is 3.21. The van der Waals surface area contributed by atoms with Crippen molar-refractivity contribution in [1.29, 1.82) is 0 Å². The standard InChI is InChI=1S/C14H28N2O4/c1-4-5-6-8-14(2,3)10-15-13(20)16-11(7-9-17)12(18)19/h11,17H,4-10H2,1-3H3,(H,18,19)(H2,15,16,20). The van der Waals surface area contributed by atoms with Crippen molar-refractivity contribution in [3.63, 3.8) is 0 Å². The molecule has 6 heteroatoms. The van der Waals surface area contributed by atoms with Crippen molar-refractivity contribution in [2.45, 2.75) is 58.9 Å². The molecule has 6 nitrogen and oxygen atoms in total. The first-order valence-electron chi connectivity index (χ1n) is 7.20. The van der Waals surface area contributed by atoms with Gasteiger partial charge in [-0.2, -0.15) is 0 Å². The minimum Gasteiger partial charge on any atom is -0.480 e. The van der Waals surface area contributed by atoms with Gasteiger partial charge in [0.25, 0.3) is 0 Å². The Bertz CT molecular complexity index is 306. The zero-order chi connectivity index (χ0) is 15.6. The van der Waals surface area contributed by atoms with Gasteiger partial charge in [0.2, 0.25) is 0 Å². The van der Waals surface area contributed by atoms with E-state index in [9.17, 15) is 9.59 Å². The minimum atomic E-state index is -1.14. The van der Waals surface area contributed by atoms with Gasteiger partial charge in [0.15, 0.2) is 0 Å². The summed E-state index contributed by atoms with van der Waals surface area (Å²) in [5, 5.41) is 22.7. The molecule has 20 heavy (non-hydrogen) atoms. The molecule has 0 bridgehead atoms. The Morgan fingerprint density at radius 1 is 1.25 bits per heavy atom. The van der Waals surface area contributed by atoms with Crippen molar-refractivity contribution in [2.75, 3.05) is 13.2 Å². The monoisotopic (exact) mass is 288 g/mol. The average Bonchev–Trinajstić information content (AvgIpc) is 2.36. The molecular weight excluding hydrogens is 260 g/mol. The molecule has 0 rings (SSSR count). The summed E-state index contributed by atoms with van der Waals surface area (Å²) in [4.78, 5) is 22.5. The summed E-state index contributed by atoms with van der Waals surface area (Å²) in [6.45, 7) is 6.51. The topological polar surface area (TPSA) is 98.7 Å². The number of urea groups is 1. The summed E-state index contributed by atoms with van der Waals surface area (Å²) in [5.74, 6) is -1.14. The van der Waals surface area contributed by atoms with E-state index in [4.69, 9.17) is 10.2 Å². The lowest BCUT2D eigenvalue weighted by Gasteiger charge is -2.25. The number of aliphatic hydroxyl groups excluding tert-OH is 1. The van der Waals surface area contributed by atoms with Crippen LogP contribution < -0.4 is 10.6 Å². The van der Waals surface area contributed by atoms with Gasteiger partial charge in [0, 0.05) is 19.6 Å². The maximum absolute atomic E-state index is 11.6. The number of hydrogen-bond acceptors (Lipinski definition) is 3. The number of aliphatic hydroxyl groups is 1. The number of nitrogens with one attached hydrogen (secondary N) is 2. The molecule has 4 N–H and O–H groups in total. The Morgan fingerprint density at radius 2 is 1.90 bits per heavy atom. The first-order valence-corrected chi connectivity index (χ1v) is 7.20. The van der Waals surface area contributed by atoms with E-state index in [1.54, 1.807) is 0 Å². The molecule has 0 aliphatic heterocycles. The second kappa shape index (κ2) is 9.58. The highest BCUT2D eigenvalue weighted by molar-refractivity contribution is 5.82. The van der Waals surface area contributed by atoms with Crippen LogP contribution in [-0.4, -0.2) is 41.4 Å². The number of aliphatic carboxylic acids is 1. The highest BCUT2D eigenvalue weighted by Gasteiger charge is 2.22. The fourth-order valence-electron chi connectivity index (χ4n) is 1.86. The molecule has 0 spiro atoms. The van der Waals surface area contributed by atoms with E-state index in [1.807, 2.05) is 0 Å². The second-order valence-corrected chi connectivity index (χ2v) is 5.85. The molecule has 0 aromatic carbocycles. The second-order valence-electron chi connectivity index (χ2n) is 5.85. The van der Waals surface area contributed by atoms with Crippen LogP contribution in [0.15, 0.2) is 0 Å². The first kappa shape index (κ1) is 18.7. The van der Waals surface area contributed by atoms with Crippen LogP contribution in [0, 0.1) is 5.41 Å². The molecule has 2 amide bonds. The van der Waals surface area contributed by atoms with Gasteiger partial charge in [0.05, 0.1) is 0 Å². The fraction of sp³-hybridized carbons (Fsp3) is 0.857. The molecule has 0 fully saturated rings. The Balaban J connectivity index is 4.10. The van der Waals surface area contributed by atoms with Gasteiger partial charge in [-0.1, -0.05) is 40.0 Å². The summed E-state index contributed by atoms with van der Waals surface area (Å²) in [5.41, 5.74) is -0.0117. The zero-order valence-corrected chi connectivity index (χ0v) is 12.7. The molecule has 1 unspecified atom stereocenters. The molecular formula is C14H28N2O4. The number of carboxylic acid groups (broad SMARTS) is 1. The maximum atomic E-state index is 11.6. The van der Waals surface area contributed by atoms with Gasteiger partial charge in [-0.15, -0.1) is 0 Å². The van der Waals surface area contributed by atoms with Gasteiger partial charge in [-0.05, 0) is 11.8 Å². The van der Waals surface area contributed by atoms with Crippen molar-refractivity contribution in [1.82, 2.24) is 10.6 Å². The highest BCUT2D eigenvalue weighted by Crippen LogP contribution is 2.22. The molecule has 0 saturated heterocycles. The van der Waals surface area contributed by atoms with Crippen LogP contribution in [0.1, 0.15) is 52.9 Å². The smallest absolute Gasteiger partial charge is 0.326 e. The van der Waals surface area contributed by atoms with Crippen LogP contribution in [0.3, 0.4) is 0 Å². The average molecular weight is 288 g/mol. The third-order valence-electron chi connectivity index (χ3n) is 3.21. The van der Waals surface area contributed by atoms with Gasteiger partial charge in [0.1, 0.15) is 6.04 Å². The highest BCUT2D eigenvalue weighted by atomic mass is 16.4. The van der Waals surface area contributed by atoms with Gasteiger partial charge in [-0.25, -0.2) is 9.59 Å². The van der Waals surface area contributed by atoms with E-state index in [-0.39, 0.29) is 18.4 Å². The Labute approximate surface area is 120 Å². The minimum absolute atomic E-state index is 0.00263. The predicted molar refractivity (Wildman–Crippen MR) is 77.6 cm³/mol. The van der Waals surface area contributed by atoms with Gasteiger partial charge >= 0.3 is 12.0 Å². The van der Waals surface area contributed by atoms with Crippen LogP contribution in [0.2, 0.25) is 0 Å². The van der Waals surface area contributed by atoms with Gasteiger partial charge < -0.3 is 20.8 Å². The van der Waals surface area contributed by atoms with Crippen LogP contribution in [0.4, 0.5) is 4.79 Å². The number of carbonyl (C=O) groups excluding carboxylic acids is 1. The van der Waals surface area contributed by atoms with Crippen molar-refractivity contribution in [3.8, 4) is 0 Å². The summed E-state index contributed by atoms with van der Waals surface area (Å²) >= 11 is 0. The van der Waals surface area contributed by atoms with E-state index >= 15 is 0 Å². The summed E-state index contributed by atoms with van der Waals surface area (Å²) in [6, 6.07) is -1.56. The van der Waals surface area contributed by atoms with Crippen molar-refractivity contribution in [3.05, 3.63) is 0 Å². The van der Waals surface area contributed by atoms with Crippen LogP contribution >= 0.6 is 0 Å². The number of amides is 2. The SMILES string of the molecule is CCCCCC(C)(C)CNC(=O)NC(CCO)C(=O)O. The Hall–Kier alpha value is -1.30. The summed E-state index contributed by atoms with van der Waals surface area (Å²) in [6.07, 6.45) is 4.47. The van der Waals surface area contributed by atoms with Crippen molar-refractivity contribution >= 4 is 12.0 Å². The number of carboxylic acids is 1. The molecule has 0 aromatic heterocycles. The normalized spacial score (nSPS) is 12.8. The number of rotatable bonds is 10. The van der Waals surface area contributed by atoms with E-state index in [0.717, 1.165) is 19.3 Å². The molecule has 0 saturated carbocycles. The molecule has 0 aliphatic rings. The molecule has 0 aromatic rings. The Kier molecular flexibility index (Phi) is 8.96. The lowest BCUT2D eigenvalue weighted by Crippen LogP contribution is -2.48. The van der Waals surface area contributed by atoms with E-state index in [1.165, 1.54) is 6.42 Å². The van der Waals surface area contributed by atoms with Crippen LogP contribution in [0.25, 0.3) is 0 Å². The van der Waals surface area contributed by atoms with E-state index in [0.29, 0.717) is 6.54 Å². The lowest BCUT2D eigenvalue weighted by molar-refractivity contribution is -0.139. The van der Waals surface area contributed by atoms with Crippen LogP contribution in [-0.2, 0) is 4.79 Å². The lowest BCUT2D eigenvalue weighted by atomic mass is 9.87. The Morgan fingerprint density at radius 3 is 2.40 bits per heavy atom. The number of carbonyl (C=O) groups is 2. The first-order chi connectivity index (χ1) is 9.32. The fourth-order valence-corrected chi connectivity index (χ4v) is 1.86. The molecule has 0 heterocycles. The quantitative estimate of drug-likeness (QED) is 0.460. The van der Waals surface area contributed by atoms with E-state index < -0.39 is 18.0 Å². The largest absolute Gasteiger partial charge is 0.480 e. The summed E-state index contributed by atoms with van der Waals surface area (Å²) < 4.78 is 0.